The number of rotatable bonds is 3. The topological polar surface area (TPSA) is 66.8 Å². The van der Waals surface area contributed by atoms with Crippen molar-refractivity contribution < 1.29 is 18.9 Å². The van der Waals surface area contributed by atoms with Gasteiger partial charge in [0.1, 0.15) is 0 Å². The molecule has 0 aromatic heterocycles. The van der Waals surface area contributed by atoms with Gasteiger partial charge in [0.05, 0.1) is 6.10 Å². The van der Waals surface area contributed by atoms with E-state index in [0.29, 0.717) is 0 Å². The van der Waals surface area contributed by atoms with Gasteiger partial charge in [0.15, 0.2) is 0 Å². The predicted octanol–water partition coefficient (Wildman–Crippen LogP) is -0.193. The molecule has 0 aliphatic heterocycles. The molecule has 1 unspecified atom stereocenters. The Bertz CT molecular complexity index is 126. The minimum atomic E-state index is -4.32. The van der Waals surface area contributed by atoms with Crippen molar-refractivity contribution in [2.75, 3.05) is 5.88 Å². The van der Waals surface area contributed by atoms with Gasteiger partial charge in [-0.25, -0.2) is 4.57 Å². The Labute approximate surface area is 105 Å². The van der Waals surface area contributed by atoms with Gasteiger partial charge in [-0.3, -0.25) is 4.52 Å². The van der Waals surface area contributed by atoms with Gasteiger partial charge in [0, 0.05) is 5.88 Å². The predicted molar refractivity (Wildman–Crippen MR) is 41.9 cm³/mol. The Kier molecular flexibility index (Phi) is 9.40. The molecular weight excluding hydrogens is 304 g/mol. The molecule has 7 heteroatoms. The number of halogens is 1. The standard InChI is InChI=1S/C3H8ClO4P.Ba.2H/c1-3(2-4)8-9(5,6)7;;;/h3H,2H2,1H3,(H2,5,6,7);;;. The minimum absolute atomic E-state index is 0. The van der Waals surface area contributed by atoms with Gasteiger partial charge < -0.3 is 9.79 Å². The van der Waals surface area contributed by atoms with Crippen molar-refractivity contribution >= 4 is 68.3 Å². The van der Waals surface area contributed by atoms with Crippen molar-refractivity contribution in [3.8, 4) is 0 Å². The van der Waals surface area contributed by atoms with Crippen LogP contribution in [0.25, 0.3) is 0 Å². The van der Waals surface area contributed by atoms with Gasteiger partial charge in [-0.2, -0.15) is 0 Å². The molecule has 0 fully saturated rings. The van der Waals surface area contributed by atoms with Crippen molar-refractivity contribution in [3.63, 3.8) is 0 Å². The molecule has 0 heterocycles. The Hall–Kier alpha value is 1.97. The first-order valence-corrected chi connectivity index (χ1v) is 4.32. The van der Waals surface area contributed by atoms with Gasteiger partial charge in [0.2, 0.25) is 0 Å². The van der Waals surface area contributed by atoms with E-state index in [0.717, 1.165) is 0 Å². The van der Waals surface area contributed by atoms with E-state index < -0.39 is 13.9 Å². The van der Waals surface area contributed by atoms with E-state index in [4.69, 9.17) is 21.4 Å². The second-order valence-corrected chi connectivity index (χ2v) is 3.06. The third-order valence-electron chi connectivity index (χ3n) is 0.535. The van der Waals surface area contributed by atoms with Gasteiger partial charge >= 0.3 is 56.7 Å². The van der Waals surface area contributed by atoms with Crippen LogP contribution in [-0.4, -0.2) is 70.7 Å². The molecule has 2 N–H and O–H groups in total. The Morgan fingerprint density at radius 3 is 2.20 bits per heavy atom. The van der Waals surface area contributed by atoms with E-state index in [2.05, 4.69) is 4.52 Å². The average Bonchev–Trinajstić information content (AvgIpc) is 1.62. The molecule has 0 aromatic carbocycles. The zero-order valence-electron chi connectivity index (χ0n) is 4.82. The first-order chi connectivity index (χ1) is 3.95. The van der Waals surface area contributed by atoms with Crippen molar-refractivity contribution in [1.29, 1.82) is 0 Å². The monoisotopic (exact) mass is 314 g/mol. The molecule has 0 radical (unpaired) electrons. The summed E-state index contributed by atoms with van der Waals surface area (Å²) >= 11 is 5.19. The molecule has 0 saturated carbocycles. The van der Waals surface area contributed by atoms with E-state index in [9.17, 15) is 4.57 Å². The molecule has 0 spiro atoms. The molecular formula is C3H10BaClO4P. The molecule has 0 aliphatic carbocycles. The van der Waals surface area contributed by atoms with Crippen LogP contribution in [0.4, 0.5) is 0 Å². The van der Waals surface area contributed by atoms with Crippen LogP contribution in [-0.2, 0) is 9.09 Å². The van der Waals surface area contributed by atoms with Crippen LogP contribution in [0.15, 0.2) is 0 Å². The van der Waals surface area contributed by atoms with E-state index >= 15 is 0 Å². The van der Waals surface area contributed by atoms with Gasteiger partial charge in [-0.15, -0.1) is 11.6 Å². The van der Waals surface area contributed by atoms with E-state index in [-0.39, 0.29) is 54.8 Å². The summed E-state index contributed by atoms with van der Waals surface area (Å²) < 4.78 is 14.1. The average molecular weight is 314 g/mol. The third-order valence-corrected chi connectivity index (χ3v) is 1.60. The van der Waals surface area contributed by atoms with Gasteiger partial charge in [-0.1, -0.05) is 0 Å². The fraction of sp³-hybridized carbons (Fsp3) is 1.00. The van der Waals surface area contributed by atoms with Gasteiger partial charge in [-0.05, 0) is 6.92 Å². The summed E-state index contributed by atoms with van der Waals surface area (Å²) in [6.07, 6.45) is -0.604. The second kappa shape index (κ2) is 6.48. The molecule has 10 heavy (non-hydrogen) atoms. The van der Waals surface area contributed by atoms with Crippen LogP contribution in [0, 0.1) is 0 Å². The summed E-state index contributed by atoms with van der Waals surface area (Å²) in [4.78, 5) is 16.3. The molecule has 0 rings (SSSR count). The molecule has 1 atom stereocenters. The molecule has 0 bridgehead atoms. The second-order valence-electron chi connectivity index (χ2n) is 1.56. The molecule has 0 aromatic rings. The summed E-state index contributed by atoms with van der Waals surface area (Å²) in [6.45, 7) is 1.48. The van der Waals surface area contributed by atoms with Crippen LogP contribution in [0.2, 0.25) is 0 Å². The van der Waals surface area contributed by atoms with Crippen LogP contribution in [0.1, 0.15) is 6.92 Å². The van der Waals surface area contributed by atoms with E-state index in [1.54, 1.807) is 0 Å². The van der Waals surface area contributed by atoms with E-state index in [1.165, 1.54) is 6.92 Å². The number of phosphoric ester groups is 1. The zero-order chi connectivity index (χ0) is 7.49. The third kappa shape index (κ3) is 9.97. The molecule has 0 saturated heterocycles. The molecule has 0 amide bonds. The summed E-state index contributed by atoms with van der Waals surface area (Å²) in [5.74, 6) is 0.0745. The number of phosphoric acid groups is 1. The van der Waals surface area contributed by atoms with Crippen LogP contribution >= 0.6 is 19.4 Å². The van der Waals surface area contributed by atoms with Crippen molar-refractivity contribution in [2.24, 2.45) is 0 Å². The maximum absolute atomic E-state index is 10.0. The van der Waals surface area contributed by atoms with Crippen molar-refractivity contribution in [2.45, 2.75) is 13.0 Å². The number of alkyl halides is 1. The quantitative estimate of drug-likeness (QED) is 0.430. The fourth-order valence-electron chi connectivity index (χ4n) is 0.263. The van der Waals surface area contributed by atoms with Gasteiger partial charge in [0.25, 0.3) is 0 Å². The van der Waals surface area contributed by atoms with Crippen molar-refractivity contribution in [1.82, 2.24) is 0 Å². The van der Waals surface area contributed by atoms with Crippen LogP contribution in [0.5, 0.6) is 0 Å². The number of hydrogen-bond donors (Lipinski definition) is 2. The zero-order valence-corrected chi connectivity index (χ0v) is 6.47. The van der Waals surface area contributed by atoms with Crippen molar-refractivity contribution in [3.05, 3.63) is 0 Å². The Balaban J connectivity index is 0. The summed E-state index contributed by atoms with van der Waals surface area (Å²) in [7, 11) is -4.32. The van der Waals surface area contributed by atoms with E-state index in [1.807, 2.05) is 0 Å². The first-order valence-electron chi connectivity index (χ1n) is 2.25. The molecule has 0 aliphatic rings. The van der Waals surface area contributed by atoms with Crippen LogP contribution in [0.3, 0.4) is 0 Å². The Morgan fingerprint density at radius 1 is 1.70 bits per heavy atom. The normalized spacial score (nSPS) is 14.0. The molecule has 4 nitrogen and oxygen atoms in total. The van der Waals surface area contributed by atoms with Crippen LogP contribution < -0.4 is 0 Å². The maximum atomic E-state index is 10.0. The fourth-order valence-corrected chi connectivity index (χ4v) is 0.957. The summed E-state index contributed by atoms with van der Waals surface area (Å²) in [5, 5.41) is 0. The SMILES string of the molecule is CC(CCl)OP(=O)(O)O.[BaH2]. The molecule has 60 valence electrons. The number of hydrogen-bond acceptors (Lipinski definition) is 2. The Morgan fingerprint density at radius 2 is 2.10 bits per heavy atom. The summed E-state index contributed by atoms with van der Waals surface area (Å²) in [5.41, 5.74) is 0. The summed E-state index contributed by atoms with van der Waals surface area (Å²) in [6, 6.07) is 0. The first kappa shape index (κ1) is 14.5.